The van der Waals surface area contributed by atoms with Crippen LogP contribution in [-0.2, 0) is 16.0 Å². The van der Waals surface area contributed by atoms with Crippen LogP contribution in [0.25, 0.3) is 16.7 Å². The fraction of sp³-hybridized carbons (Fsp3) is 0.261. The van der Waals surface area contributed by atoms with Gasteiger partial charge in [-0.05, 0) is 41.3 Å². The van der Waals surface area contributed by atoms with Crippen LogP contribution in [-0.4, -0.2) is 26.3 Å². The Balaban J connectivity index is 2.31. The SMILES string of the molecule is C#CCOc1cc(-c2ccc(S(C)(=O)=O)cc2)c(C2=CC=C(F)C(C)C2)c(C(F)(F)F)n1. The van der Waals surface area contributed by atoms with Gasteiger partial charge in [-0.25, -0.2) is 17.8 Å². The molecule has 1 aliphatic carbocycles. The van der Waals surface area contributed by atoms with Crippen LogP contribution in [0.3, 0.4) is 0 Å². The van der Waals surface area contributed by atoms with E-state index in [1.165, 1.54) is 36.4 Å². The molecule has 0 bridgehead atoms. The first kappa shape index (κ1) is 23.5. The number of hydrogen-bond acceptors (Lipinski definition) is 4. The highest BCUT2D eigenvalue weighted by atomic mass is 32.2. The molecule has 9 heteroatoms. The number of terminal acetylenes is 1. The number of ether oxygens (including phenoxy) is 1. The molecule has 4 nitrogen and oxygen atoms in total. The van der Waals surface area contributed by atoms with E-state index in [0.717, 1.165) is 12.3 Å². The van der Waals surface area contributed by atoms with Gasteiger partial charge in [0.2, 0.25) is 5.88 Å². The first-order valence-electron chi connectivity index (χ1n) is 9.47. The van der Waals surface area contributed by atoms with Crippen LogP contribution in [0.1, 0.15) is 24.6 Å². The standard InChI is InChI=1S/C23H19F4NO3S/c1-4-11-31-20-13-18(15-5-8-17(9-6-15)32(3,29)30)21(22(28-20)23(25,26)27)16-7-10-19(24)14(2)12-16/h1,5-10,13-14H,11-12H2,2-3H3. The summed E-state index contributed by atoms with van der Waals surface area (Å²) in [5.41, 5.74) is -0.718. The van der Waals surface area contributed by atoms with E-state index in [4.69, 9.17) is 11.2 Å². The summed E-state index contributed by atoms with van der Waals surface area (Å²) in [5, 5.41) is 0. The van der Waals surface area contributed by atoms with Gasteiger partial charge in [-0.3, -0.25) is 0 Å². The highest BCUT2D eigenvalue weighted by Crippen LogP contribution is 2.44. The zero-order chi connectivity index (χ0) is 23.7. The van der Waals surface area contributed by atoms with Gasteiger partial charge >= 0.3 is 6.18 Å². The van der Waals surface area contributed by atoms with Gasteiger partial charge in [0.15, 0.2) is 22.1 Å². The van der Waals surface area contributed by atoms with Crippen molar-refractivity contribution in [1.82, 2.24) is 4.98 Å². The number of aromatic nitrogens is 1. The Morgan fingerprint density at radius 1 is 1.22 bits per heavy atom. The van der Waals surface area contributed by atoms with Crippen molar-refractivity contribution >= 4 is 15.4 Å². The molecule has 2 aromatic rings. The van der Waals surface area contributed by atoms with Crippen LogP contribution in [0.15, 0.2) is 53.2 Å². The maximum absolute atomic E-state index is 14.0. The molecule has 0 N–H and O–H groups in total. The van der Waals surface area contributed by atoms with Crippen LogP contribution < -0.4 is 4.74 Å². The summed E-state index contributed by atoms with van der Waals surface area (Å²) in [7, 11) is -3.50. The lowest BCUT2D eigenvalue weighted by Gasteiger charge is -2.23. The Labute approximate surface area is 183 Å². The Hall–Kier alpha value is -3.12. The molecule has 168 valence electrons. The van der Waals surface area contributed by atoms with E-state index in [0.29, 0.717) is 5.56 Å². The maximum atomic E-state index is 14.0. The van der Waals surface area contributed by atoms with Crippen LogP contribution in [0.4, 0.5) is 17.6 Å². The number of pyridine rings is 1. The molecule has 0 saturated heterocycles. The first-order valence-corrected chi connectivity index (χ1v) is 11.4. The second-order valence-corrected chi connectivity index (χ2v) is 9.38. The second kappa shape index (κ2) is 8.79. The van der Waals surface area contributed by atoms with E-state index in [2.05, 4.69) is 10.9 Å². The minimum Gasteiger partial charge on any atom is -0.464 e. The first-order chi connectivity index (χ1) is 14.9. The van der Waals surface area contributed by atoms with Gasteiger partial charge in [-0.15, -0.1) is 6.42 Å². The quantitative estimate of drug-likeness (QED) is 0.435. The number of nitrogens with zero attached hydrogens (tertiary/aromatic N) is 1. The molecule has 1 aliphatic rings. The summed E-state index contributed by atoms with van der Waals surface area (Å²) in [6, 6.07) is 6.74. The molecule has 1 unspecified atom stereocenters. The number of alkyl halides is 3. The van der Waals surface area contributed by atoms with E-state index in [-0.39, 0.29) is 40.5 Å². The molecule has 0 amide bonds. The Morgan fingerprint density at radius 2 is 1.88 bits per heavy atom. The van der Waals surface area contributed by atoms with Crippen LogP contribution in [0, 0.1) is 18.3 Å². The third-order valence-corrected chi connectivity index (χ3v) is 6.05. The third kappa shape index (κ3) is 5.02. The number of sulfone groups is 1. The molecular formula is C23H19F4NO3S. The van der Waals surface area contributed by atoms with E-state index in [1.54, 1.807) is 6.92 Å². The topological polar surface area (TPSA) is 56.3 Å². The van der Waals surface area contributed by atoms with Gasteiger partial charge in [0.05, 0.1) is 4.90 Å². The predicted octanol–water partition coefficient (Wildman–Crippen LogP) is 5.46. The molecule has 3 rings (SSSR count). The average Bonchev–Trinajstić information content (AvgIpc) is 2.72. The summed E-state index contributed by atoms with van der Waals surface area (Å²) >= 11 is 0. The third-order valence-electron chi connectivity index (χ3n) is 4.92. The molecule has 0 spiro atoms. The van der Waals surface area contributed by atoms with Gasteiger partial charge in [0.25, 0.3) is 0 Å². The van der Waals surface area contributed by atoms with E-state index < -0.39 is 33.5 Å². The van der Waals surface area contributed by atoms with Crippen molar-refractivity contribution in [2.75, 3.05) is 12.9 Å². The lowest BCUT2D eigenvalue weighted by molar-refractivity contribution is -0.141. The Bertz CT molecular complexity index is 1240. The molecule has 1 aromatic heterocycles. The van der Waals surface area contributed by atoms with Crippen molar-refractivity contribution < 1.29 is 30.7 Å². The van der Waals surface area contributed by atoms with E-state index in [9.17, 15) is 26.0 Å². The predicted molar refractivity (Wildman–Crippen MR) is 113 cm³/mol. The van der Waals surface area contributed by atoms with Gasteiger partial charge in [-0.2, -0.15) is 13.2 Å². The monoisotopic (exact) mass is 465 g/mol. The smallest absolute Gasteiger partial charge is 0.434 e. The zero-order valence-corrected chi connectivity index (χ0v) is 18.0. The minimum absolute atomic E-state index is 0.0206. The maximum Gasteiger partial charge on any atom is 0.434 e. The average molecular weight is 465 g/mol. The molecule has 0 aliphatic heterocycles. The van der Waals surface area contributed by atoms with E-state index >= 15 is 0 Å². The van der Waals surface area contributed by atoms with Crippen molar-refractivity contribution in [2.24, 2.45) is 5.92 Å². The van der Waals surface area contributed by atoms with Gasteiger partial charge < -0.3 is 4.74 Å². The summed E-state index contributed by atoms with van der Waals surface area (Å²) in [5.74, 6) is 0.819. The molecule has 1 heterocycles. The number of allylic oxidation sites excluding steroid dienone is 4. The minimum atomic E-state index is -4.84. The van der Waals surface area contributed by atoms with Crippen molar-refractivity contribution in [2.45, 2.75) is 24.4 Å². The molecule has 1 aromatic carbocycles. The number of halogens is 4. The number of hydrogen-bond donors (Lipinski definition) is 0. The Morgan fingerprint density at radius 3 is 2.41 bits per heavy atom. The number of rotatable bonds is 5. The van der Waals surface area contributed by atoms with Gasteiger partial charge in [0, 0.05) is 23.8 Å². The summed E-state index contributed by atoms with van der Waals surface area (Å²) in [6.07, 6.45) is 3.82. The van der Waals surface area contributed by atoms with Crippen molar-refractivity contribution in [1.29, 1.82) is 0 Å². The summed E-state index contributed by atoms with van der Waals surface area (Å²) < 4.78 is 84.7. The largest absolute Gasteiger partial charge is 0.464 e. The molecule has 0 saturated carbocycles. The van der Waals surface area contributed by atoms with Crippen LogP contribution in [0.2, 0.25) is 0 Å². The van der Waals surface area contributed by atoms with Gasteiger partial charge in [0.1, 0.15) is 5.83 Å². The summed E-state index contributed by atoms with van der Waals surface area (Å²) in [6.45, 7) is 1.29. The second-order valence-electron chi connectivity index (χ2n) is 7.37. The van der Waals surface area contributed by atoms with Crippen molar-refractivity contribution in [3.05, 3.63) is 59.6 Å². The molecule has 0 radical (unpaired) electrons. The highest BCUT2D eigenvalue weighted by molar-refractivity contribution is 7.90. The van der Waals surface area contributed by atoms with Crippen molar-refractivity contribution in [3.8, 4) is 29.4 Å². The van der Waals surface area contributed by atoms with Crippen molar-refractivity contribution in [3.63, 3.8) is 0 Å². The fourth-order valence-corrected chi connectivity index (χ4v) is 4.01. The number of benzene rings is 1. The lowest BCUT2D eigenvalue weighted by Crippen LogP contribution is -2.16. The highest BCUT2D eigenvalue weighted by Gasteiger charge is 2.39. The van der Waals surface area contributed by atoms with Crippen LogP contribution in [0.5, 0.6) is 5.88 Å². The summed E-state index contributed by atoms with van der Waals surface area (Å²) in [4.78, 5) is 3.67. The van der Waals surface area contributed by atoms with E-state index in [1.807, 2.05) is 0 Å². The van der Waals surface area contributed by atoms with Crippen LogP contribution >= 0.6 is 0 Å². The zero-order valence-electron chi connectivity index (χ0n) is 17.2. The molecule has 0 fully saturated rings. The molecular weight excluding hydrogens is 446 g/mol. The molecule has 1 atom stereocenters. The fourth-order valence-electron chi connectivity index (χ4n) is 3.38. The Kier molecular flexibility index (Phi) is 6.46. The normalized spacial score (nSPS) is 16.7. The molecule has 32 heavy (non-hydrogen) atoms. The lowest BCUT2D eigenvalue weighted by atomic mass is 9.85. The van der Waals surface area contributed by atoms with Gasteiger partial charge in [-0.1, -0.05) is 31.1 Å².